The van der Waals surface area contributed by atoms with Gasteiger partial charge in [-0.15, -0.1) is 0 Å². The molecule has 1 saturated heterocycles. The molecular formula is C16H22N2O3. The monoisotopic (exact) mass is 290 g/mol. The zero-order valence-corrected chi connectivity index (χ0v) is 12.7. The van der Waals surface area contributed by atoms with Gasteiger partial charge < -0.3 is 15.4 Å². The van der Waals surface area contributed by atoms with Gasteiger partial charge in [0.15, 0.2) is 0 Å². The van der Waals surface area contributed by atoms with E-state index in [1.54, 1.807) is 0 Å². The molecule has 0 bridgehead atoms. The van der Waals surface area contributed by atoms with Gasteiger partial charge in [-0.2, -0.15) is 0 Å². The third-order valence-electron chi connectivity index (χ3n) is 3.72. The van der Waals surface area contributed by atoms with Crippen molar-refractivity contribution in [3.63, 3.8) is 0 Å². The van der Waals surface area contributed by atoms with Crippen LogP contribution in [0, 0.1) is 0 Å². The highest BCUT2D eigenvalue weighted by Crippen LogP contribution is 2.21. The van der Waals surface area contributed by atoms with Crippen molar-refractivity contribution in [2.75, 3.05) is 6.61 Å². The fourth-order valence-electron chi connectivity index (χ4n) is 2.33. The molecule has 0 aromatic heterocycles. The van der Waals surface area contributed by atoms with E-state index in [0.717, 1.165) is 12.0 Å². The fourth-order valence-corrected chi connectivity index (χ4v) is 2.33. The second-order valence-electron chi connectivity index (χ2n) is 5.59. The molecule has 5 nitrogen and oxygen atoms in total. The minimum Gasteiger partial charge on any atom is -0.447 e. The summed E-state index contributed by atoms with van der Waals surface area (Å²) >= 11 is 0. The van der Waals surface area contributed by atoms with E-state index in [1.807, 2.05) is 19.1 Å². The quantitative estimate of drug-likeness (QED) is 0.875. The Labute approximate surface area is 125 Å². The third kappa shape index (κ3) is 3.74. The Bertz CT molecular complexity index is 511. The van der Waals surface area contributed by atoms with E-state index in [2.05, 4.69) is 36.6 Å². The summed E-state index contributed by atoms with van der Waals surface area (Å²) in [5, 5.41) is 5.45. The molecule has 1 aromatic rings. The van der Waals surface area contributed by atoms with Crippen molar-refractivity contribution < 1.29 is 14.3 Å². The molecule has 114 valence electrons. The second-order valence-corrected chi connectivity index (χ2v) is 5.59. The number of ether oxygens (including phenoxy) is 1. The summed E-state index contributed by atoms with van der Waals surface area (Å²) in [5.74, 6) is 0.278. The topological polar surface area (TPSA) is 67.4 Å². The highest BCUT2D eigenvalue weighted by atomic mass is 16.6. The van der Waals surface area contributed by atoms with Gasteiger partial charge in [0.1, 0.15) is 12.6 Å². The van der Waals surface area contributed by atoms with Crippen LogP contribution < -0.4 is 10.6 Å². The van der Waals surface area contributed by atoms with Crippen molar-refractivity contribution in [3.8, 4) is 0 Å². The van der Waals surface area contributed by atoms with Gasteiger partial charge in [-0.1, -0.05) is 45.0 Å². The molecule has 2 amide bonds. The summed E-state index contributed by atoms with van der Waals surface area (Å²) in [6.45, 7) is 6.41. The zero-order valence-electron chi connectivity index (χ0n) is 12.7. The van der Waals surface area contributed by atoms with Crippen molar-refractivity contribution in [1.82, 2.24) is 10.6 Å². The van der Waals surface area contributed by atoms with Crippen LogP contribution in [0.5, 0.6) is 0 Å². The molecule has 1 aliphatic rings. The van der Waals surface area contributed by atoms with E-state index in [0.29, 0.717) is 5.92 Å². The van der Waals surface area contributed by atoms with Crippen molar-refractivity contribution in [1.29, 1.82) is 0 Å². The molecule has 2 N–H and O–H groups in total. The number of nitrogens with one attached hydrogen (secondary N) is 2. The Kier molecular flexibility index (Phi) is 4.83. The fraction of sp³-hybridized carbons (Fsp3) is 0.500. The Morgan fingerprint density at radius 1 is 1.33 bits per heavy atom. The van der Waals surface area contributed by atoms with E-state index in [9.17, 15) is 9.59 Å². The van der Waals surface area contributed by atoms with Crippen LogP contribution in [-0.2, 0) is 9.53 Å². The predicted molar refractivity (Wildman–Crippen MR) is 80.0 cm³/mol. The minimum absolute atomic E-state index is 0.0591. The van der Waals surface area contributed by atoms with Gasteiger partial charge in [0.2, 0.25) is 5.91 Å². The lowest BCUT2D eigenvalue weighted by atomic mass is 9.98. The maximum atomic E-state index is 12.1. The lowest BCUT2D eigenvalue weighted by Crippen LogP contribution is -2.44. The third-order valence-corrected chi connectivity index (χ3v) is 3.72. The SMILES string of the molecule is CCC(NC(=O)[C@H]1COC(=O)N1)c1ccc(C(C)C)cc1. The van der Waals surface area contributed by atoms with Crippen LogP contribution >= 0.6 is 0 Å². The first-order chi connectivity index (χ1) is 10.0. The maximum Gasteiger partial charge on any atom is 0.407 e. The van der Waals surface area contributed by atoms with Crippen molar-refractivity contribution in [3.05, 3.63) is 35.4 Å². The van der Waals surface area contributed by atoms with E-state index >= 15 is 0 Å². The molecular weight excluding hydrogens is 268 g/mol. The van der Waals surface area contributed by atoms with Crippen molar-refractivity contribution in [2.45, 2.75) is 45.2 Å². The highest BCUT2D eigenvalue weighted by Gasteiger charge is 2.30. The summed E-state index contributed by atoms with van der Waals surface area (Å²) < 4.78 is 4.74. The van der Waals surface area contributed by atoms with Crippen LogP contribution in [0.2, 0.25) is 0 Å². The molecule has 1 aromatic carbocycles. The largest absolute Gasteiger partial charge is 0.447 e. The lowest BCUT2D eigenvalue weighted by molar-refractivity contribution is -0.123. The number of alkyl carbamates (subject to hydrolysis) is 1. The average molecular weight is 290 g/mol. The summed E-state index contributed by atoms with van der Waals surface area (Å²) in [7, 11) is 0. The van der Waals surface area contributed by atoms with Gasteiger partial charge in [-0.05, 0) is 23.5 Å². The van der Waals surface area contributed by atoms with Crippen molar-refractivity contribution >= 4 is 12.0 Å². The molecule has 1 fully saturated rings. The number of amides is 2. The average Bonchev–Trinajstić information content (AvgIpc) is 2.91. The standard InChI is InChI=1S/C16H22N2O3/c1-4-13(12-7-5-11(6-8-12)10(2)3)17-15(19)14-9-21-16(20)18-14/h5-8,10,13-14H,4,9H2,1-3H3,(H,17,19)(H,18,20)/t13?,14-/m1/s1. The molecule has 1 aliphatic heterocycles. The highest BCUT2D eigenvalue weighted by molar-refractivity contribution is 5.88. The Morgan fingerprint density at radius 2 is 1.95 bits per heavy atom. The van der Waals surface area contributed by atoms with Gasteiger partial charge in [-0.3, -0.25) is 4.79 Å². The second kappa shape index (κ2) is 6.61. The van der Waals surface area contributed by atoms with E-state index in [-0.39, 0.29) is 18.6 Å². The zero-order chi connectivity index (χ0) is 15.4. The number of carbonyl (C=O) groups is 2. The Hall–Kier alpha value is -2.04. The molecule has 2 atom stereocenters. The van der Waals surface area contributed by atoms with Gasteiger partial charge in [0.05, 0.1) is 6.04 Å². The first-order valence-electron chi connectivity index (χ1n) is 7.34. The van der Waals surface area contributed by atoms with Crippen LogP contribution in [0.1, 0.15) is 50.3 Å². The van der Waals surface area contributed by atoms with Crippen LogP contribution in [0.3, 0.4) is 0 Å². The first-order valence-corrected chi connectivity index (χ1v) is 7.34. The molecule has 0 radical (unpaired) electrons. The van der Waals surface area contributed by atoms with E-state index < -0.39 is 12.1 Å². The summed E-state index contributed by atoms with van der Waals surface area (Å²) in [5.41, 5.74) is 2.34. The van der Waals surface area contributed by atoms with Gasteiger partial charge in [-0.25, -0.2) is 4.79 Å². The molecule has 1 heterocycles. The first kappa shape index (κ1) is 15.4. The van der Waals surface area contributed by atoms with E-state index in [1.165, 1.54) is 5.56 Å². The summed E-state index contributed by atoms with van der Waals surface area (Å²) in [6, 6.07) is 7.63. The van der Waals surface area contributed by atoms with Crippen molar-refractivity contribution in [2.24, 2.45) is 0 Å². The number of rotatable bonds is 5. The Morgan fingerprint density at radius 3 is 2.43 bits per heavy atom. The number of carbonyl (C=O) groups excluding carboxylic acids is 2. The van der Waals surface area contributed by atoms with Crippen LogP contribution in [0.15, 0.2) is 24.3 Å². The number of hydrogen-bond donors (Lipinski definition) is 2. The van der Waals surface area contributed by atoms with Gasteiger partial charge in [0.25, 0.3) is 0 Å². The minimum atomic E-state index is -0.596. The molecule has 0 saturated carbocycles. The molecule has 2 rings (SSSR count). The van der Waals surface area contributed by atoms with Gasteiger partial charge >= 0.3 is 6.09 Å². The van der Waals surface area contributed by atoms with Crippen LogP contribution in [0.4, 0.5) is 4.79 Å². The normalized spacial score (nSPS) is 19.0. The Balaban J connectivity index is 2.02. The number of hydrogen-bond acceptors (Lipinski definition) is 3. The number of benzene rings is 1. The number of cyclic esters (lactones) is 1. The maximum absolute atomic E-state index is 12.1. The molecule has 21 heavy (non-hydrogen) atoms. The summed E-state index contributed by atoms with van der Waals surface area (Å²) in [4.78, 5) is 23.1. The molecule has 0 aliphatic carbocycles. The van der Waals surface area contributed by atoms with Gasteiger partial charge in [0, 0.05) is 0 Å². The lowest BCUT2D eigenvalue weighted by Gasteiger charge is -2.20. The smallest absolute Gasteiger partial charge is 0.407 e. The predicted octanol–water partition coefficient (Wildman–Crippen LogP) is 2.49. The van der Waals surface area contributed by atoms with Crippen LogP contribution in [-0.4, -0.2) is 24.6 Å². The summed E-state index contributed by atoms with van der Waals surface area (Å²) in [6.07, 6.45) is 0.248. The van der Waals surface area contributed by atoms with E-state index in [4.69, 9.17) is 4.74 Å². The molecule has 1 unspecified atom stereocenters. The molecule has 0 spiro atoms. The molecule has 5 heteroatoms. The van der Waals surface area contributed by atoms with Crippen LogP contribution in [0.25, 0.3) is 0 Å².